The fourth-order valence-corrected chi connectivity index (χ4v) is 6.59. The Morgan fingerprint density at radius 3 is 2.45 bits per heavy atom. The molecule has 0 amide bonds. The number of nitrogens with one attached hydrogen (secondary N) is 1. The average Bonchev–Trinajstić information content (AvgIpc) is 3.42. The summed E-state index contributed by atoms with van der Waals surface area (Å²) < 4.78 is 34.2. The second kappa shape index (κ2) is 10.0. The van der Waals surface area contributed by atoms with Gasteiger partial charge in [0.15, 0.2) is 11.2 Å². The normalized spacial score (nSPS) is 16.6. The molecule has 1 aliphatic rings. The molecule has 204 valence electrons. The van der Waals surface area contributed by atoms with E-state index in [0.29, 0.717) is 24.1 Å². The molecule has 2 aromatic heterocycles. The Morgan fingerprint density at radius 1 is 1.13 bits per heavy atom. The van der Waals surface area contributed by atoms with E-state index in [-0.39, 0.29) is 27.5 Å². The van der Waals surface area contributed by atoms with E-state index in [1.165, 1.54) is 13.4 Å². The van der Waals surface area contributed by atoms with Gasteiger partial charge in [-0.1, -0.05) is 59.6 Å². The summed E-state index contributed by atoms with van der Waals surface area (Å²) in [5, 5.41) is 11.3. The zero-order chi connectivity index (χ0) is 27.9. The first-order valence-electron chi connectivity index (χ1n) is 12.8. The largest absolute Gasteiger partial charge is 0.507 e. The van der Waals surface area contributed by atoms with Crippen molar-refractivity contribution in [2.24, 2.45) is 5.41 Å². The van der Waals surface area contributed by atoms with Crippen molar-refractivity contribution < 1.29 is 23.1 Å². The van der Waals surface area contributed by atoms with E-state index >= 15 is 0 Å². The van der Waals surface area contributed by atoms with E-state index in [0.717, 1.165) is 23.5 Å². The maximum atomic E-state index is 13.6. The van der Waals surface area contributed by atoms with E-state index in [1.807, 2.05) is 40.7 Å². The van der Waals surface area contributed by atoms with Crippen LogP contribution in [-0.2, 0) is 19.6 Å². The molecule has 1 aromatic carbocycles. The van der Waals surface area contributed by atoms with Crippen molar-refractivity contribution in [2.45, 2.75) is 76.8 Å². The summed E-state index contributed by atoms with van der Waals surface area (Å²) >= 11 is 0. The van der Waals surface area contributed by atoms with E-state index in [9.17, 15) is 18.3 Å². The van der Waals surface area contributed by atoms with Gasteiger partial charge in [0.2, 0.25) is 5.03 Å². The Labute approximate surface area is 223 Å². The van der Waals surface area contributed by atoms with Crippen LogP contribution in [0.5, 0.6) is 0 Å². The Morgan fingerprint density at radius 2 is 1.82 bits per heavy atom. The van der Waals surface area contributed by atoms with Crippen LogP contribution in [0.15, 0.2) is 53.3 Å². The van der Waals surface area contributed by atoms with E-state index in [4.69, 9.17) is 4.74 Å². The standard InChI is InChI=1S/C27H35N5O5S/c1-7-12-27(13-8-2)22(33)19(25(34)37-27)20(26(3,4)5)17-10-9-11-18(14-17)32(6)38(35,36)24-21-23(29-15-28-21)30-16-31-24/h9-11,14-16,20,33H,7-8,12-13H2,1-6H3,(H,28,29,30,31). The van der Waals surface area contributed by atoms with Crippen LogP contribution in [0.2, 0.25) is 0 Å². The summed E-state index contributed by atoms with van der Waals surface area (Å²) in [5.41, 5.74) is 0.239. The minimum atomic E-state index is -4.08. The van der Waals surface area contributed by atoms with Gasteiger partial charge in [0, 0.05) is 13.0 Å². The summed E-state index contributed by atoms with van der Waals surface area (Å²) in [6.45, 7) is 9.92. The van der Waals surface area contributed by atoms with Crippen molar-refractivity contribution in [1.29, 1.82) is 0 Å². The number of benzene rings is 1. The number of hydrogen-bond acceptors (Lipinski definition) is 8. The Bertz CT molecular complexity index is 1480. The lowest BCUT2D eigenvalue weighted by Gasteiger charge is -2.32. The highest BCUT2D eigenvalue weighted by atomic mass is 32.2. The fraction of sp³-hybridized carbons (Fsp3) is 0.481. The molecule has 11 heteroatoms. The molecule has 3 aromatic rings. The number of aliphatic hydroxyl groups is 1. The fourth-order valence-electron chi connectivity index (χ4n) is 5.36. The molecule has 0 radical (unpaired) electrons. The van der Waals surface area contributed by atoms with Crippen LogP contribution in [-0.4, -0.2) is 52.1 Å². The molecule has 0 fully saturated rings. The van der Waals surface area contributed by atoms with Gasteiger partial charge in [-0.15, -0.1) is 0 Å². The number of sulfonamides is 1. The van der Waals surface area contributed by atoms with Crippen molar-refractivity contribution in [3.63, 3.8) is 0 Å². The first kappa shape index (κ1) is 27.6. The molecule has 4 rings (SSSR count). The maximum Gasteiger partial charge on any atom is 0.339 e. The monoisotopic (exact) mass is 541 g/mol. The first-order chi connectivity index (χ1) is 17.9. The van der Waals surface area contributed by atoms with Gasteiger partial charge in [0.25, 0.3) is 10.0 Å². The number of aliphatic hydroxyl groups excluding tert-OH is 1. The van der Waals surface area contributed by atoms with Gasteiger partial charge < -0.3 is 14.8 Å². The average molecular weight is 542 g/mol. The van der Waals surface area contributed by atoms with Crippen molar-refractivity contribution >= 4 is 32.8 Å². The lowest BCUT2D eigenvalue weighted by atomic mass is 9.71. The number of ether oxygens (including phenoxy) is 1. The summed E-state index contributed by atoms with van der Waals surface area (Å²) in [6, 6.07) is 6.98. The number of rotatable bonds is 9. The second-order valence-corrected chi connectivity index (χ2v) is 12.7. The number of nitrogens with zero attached hydrogens (tertiary/aromatic N) is 4. The van der Waals surface area contributed by atoms with Gasteiger partial charge in [0.05, 0.1) is 17.6 Å². The van der Waals surface area contributed by atoms with E-state index < -0.39 is 32.9 Å². The molecule has 0 spiro atoms. The summed E-state index contributed by atoms with van der Waals surface area (Å²) in [4.78, 5) is 28.1. The van der Waals surface area contributed by atoms with Crippen molar-refractivity contribution in [3.05, 3.63) is 53.8 Å². The number of anilines is 1. The third-order valence-corrected chi connectivity index (χ3v) is 8.75. The van der Waals surface area contributed by atoms with Crippen LogP contribution in [0.25, 0.3) is 11.2 Å². The Kier molecular flexibility index (Phi) is 7.26. The number of hydrogen-bond donors (Lipinski definition) is 2. The van der Waals surface area contributed by atoms with Gasteiger partial charge in [-0.3, -0.25) is 4.31 Å². The SMILES string of the molecule is CCCC1(CCC)OC(=O)C(C(c2cccc(N(C)S(=O)(=O)c3ncnc4nc[nH]c34)c2)C(C)(C)C)=C1O. The van der Waals surface area contributed by atoms with Gasteiger partial charge in [-0.2, -0.15) is 8.42 Å². The number of aromatic amines is 1. The zero-order valence-corrected chi connectivity index (χ0v) is 23.5. The van der Waals surface area contributed by atoms with Crippen molar-refractivity contribution in [3.8, 4) is 0 Å². The van der Waals surface area contributed by atoms with Crippen LogP contribution in [0.4, 0.5) is 5.69 Å². The molecule has 38 heavy (non-hydrogen) atoms. The quantitative estimate of drug-likeness (QED) is 0.285. The topological polar surface area (TPSA) is 138 Å². The maximum absolute atomic E-state index is 13.6. The van der Waals surface area contributed by atoms with Crippen molar-refractivity contribution in [2.75, 3.05) is 11.4 Å². The molecular formula is C27H35N5O5S. The van der Waals surface area contributed by atoms with Gasteiger partial charge in [-0.05, 0) is 36.0 Å². The van der Waals surface area contributed by atoms with Crippen LogP contribution in [0.3, 0.4) is 0 Å². The van der Waals surface area contributed by atoms with E-state index in [2.05, 4.69) is 19.9 Å². The highest BCUT2D eigenvalue weighted by Crippen LogP contribution is 2.49. The van der Waals surface area contributed by atoms with Crippen LogP contribution >= 0.6 is 0 Å². The number of carbonyl (C=O) groups excluding carboxylic acids is 1. The molecular weight excluding hydrogens is 506 g/mol. The van der Waals surface area contributed by atoms with Crippen LogP contribution < -0.4 is 4.31 Å². The number of cyclic esters (lactones) is 1. The molecule has 2 N–H and O–H groups in total. The molecule has 0 bridgehead atoms. The van der Waals surface area contributed by atoms with Crippen LogP contribution in [0.1, 0.15) is 71.8 Å². The lowest BCUT2D eigenvalue weighted by molar-refractivity contribution is -0.150. The third kappa shape index (κ3) is 4.63. The number of esters is 1. The molecule has 0 aliphatic carbocycles. The minimum absolute atomic E-state index is 0.0138. The highest BCUT2D eigenvalue weighted by molar-refractivity contribution is 7.92. The molecule has 0 saturated carbocycles. The molecule has 1 unspecified atom stereocenters. The third-order valence-electron chi connectivity index (χ3n) is 7.02. The number of carbonyl (C=O) groups is 1. The molecule has 1 atom stereocenters. The summed E-state index contributed by atoms with van der Waals surface area (Å²) in [5.74, 6) is -1.08. The molecule has 10 nitrogen and oxygen atoms in total. The molecule has 1 aliphatic heterocycles. The summed E-state index contributed by atoms with van der Waals surface area (Å²) in [6.07, 6.45) is 5.08. The predicted octanol–water partition coefficient (Wildman–Crippen LogP) is 5.02. The lowest BCUT2D eigenvalue weighted by Crippen LogP contribution is -2.32. The van der Waals surface area contributed by atoms with Crippen LogP contribution in [0, 0.1) is 5.41 Å². The zero-order valence-electron chi connectivity index (χ0n) is 22.6. The number of aromatic nitrogens is 4. The molecule has 3 heterocycles. The number of imidazole rings is 1. The van der Waals surface area contributed by atoms with E-state index in [1.54, 1.807) is 18.2 Å². The summed E-state index contributed by atoms with van der Waals surface area (Å²) in [7, 11) is -2.64. The number of fused-ring (bicyclic) bond motifs is 1. The Hall–Kier alpha value is -3.47. The molecule has 0 saturated heterocycles. The number of H-pyrrole nitrogens is 1. The van der Waals surface area contributed by atoms with Crippen molar-refractivity contribution in [1.82, 2.24) is 19.9 Å². The Balaban J connectivity index is 1.81. The van der Waals surface area contributed by atoms with Gasteiger partial charge in [0.1, 0.15) is 17.6 Å². The first-order valence-corrected chi connectivity index (χ1v) is 14.2. The predicted molar refractivity (Wildman–Crippen MR) is 144 cm³/mol. The second-order valence-electron chi connectivity index (χ2n) is 10.8. The smallest absolute Gasteiger partial charge is 0.339 e. The highest BCUT2D eigenvalue weighted by Gasteiger charge is 2.51. The van der Waals surface area contributed by atoms with Gasteiger partial charge >= 0.3 is 5.97 Å². The van der Waals surface area contributed by atoms with Gasteiger partial charge in [-0.25, -0.2) is 19.7 Å². The minimum Gasteiger partial charge on any atom is -0.507 e.